The van der Waals surface area contributed by atoms with Gasteiger partial charge in [0.15, 0.2) is 0 Å². The molecule has 0 aliphatic heterocycles. The zero-order valence-electron chi connectivity index (χ0n) is 13.3. The van der Waals surface area contributed by atoms with Crippen LogP contribution in [0.4, 0.5) is 0 Å². The highest BCUT2D eigenvalue weighted by molar-refractivity contribution is 5.81. The Kier molecular flexibility index (Phi) is 5.57. The highest BCUT2D eigenvalue weighted by Gasteiger charge is 2.20. The van der Waals surface area contributed by atoms with Gasteiger partial charge in [0.2, 0.25) is 5.91 Å². The molecular weight excluding hydrogens is 252 g/mol. The third-order valence-electron chi connectivity index (χ3n) is 3.01. The second kappa shape index (κ2) is 6.75. The van der Waals surface area contributed by atoms with Crippen molar-refractivity contribution >= 4 is 5.91 Å². The highest BCUT2D eigenvalue weighted by atomic mass is 16.5. The molecular formula is C16H26N2O2. The van der Waals surface area contributed by atoms with Crippen molar-refractivity contribution in [1.82, 2.24) is 10.6 Å². The Bertz CT molecular complexity index is 435. The average Bonchev–Trinajstić information content (AvgIpc) is 2.36. The summed E-state index contributed by atoms with van der Waals surface area (Å²) in [6.07, 6.45) is 0. The fraction of sp³-hybridized carbons (Fsp3) is 0.562. The van der Waals surface area contributed by atoms with Gasteiger partial charge in [-0.25, -0.2) is 0 Å². The van der Waals surface area contributed by atoms with Crippen LogP contribution < -0.4 is 15.4 Å². The predicted molar refractivity (Wildman–Crippen MR) is 81.9 cm³/mol. The fourth-order valence-electron chi connectivity index (χ4n) is 1.92. The van der Waals surface area contributed by atoms with Crippen LogP contribution >= 0.6 is 0 Å². The predicted octanol–water partition coefficient (Wildman–Crippen LogP) is 2.65. The number of amides is 1. The molecule has 20 heavy (non-hydrogen) atoms. The van der Waals surface area contributed by atoms with Crippen molar-refractivity contribution in [3.63, 3.8) is 0 Å². The van der Waals surface area contributed by atoms with Gasteiger partial charge in [0.25, 0.3) is 0 Å². The summed E-state index contributed by atoms with van der Waals surface area (Å²) < 4.78 is 5.14. The smallest absolute Gasteiger partial charge is 0.237 e. The fourth-order valence-corrected chi connectivity index (χ4v) is 1.92. The second-order valence-corrected chi connectivity index (χ2v) is 6.12. The molecule has 2 unspecified atom stereocenters. The summed E-state index contributed by atoms with van der Waals surface area (Å²) in [5.41, 5.74) is 0.914. The lowest BCUT2D eigenvalue weighted by molar-refractivity contribution is -0.124. The van der Waals surface area contributed by atoms with E-state index in [9.17, 15) is 4.79 Å². The van der Waals surface area contributed by atoms with E-state index in [0.717, 1.165) is 11.3 Å². The van der Waals surface area contributed by atoms with Crippen molar-refractivity contribution in [2.45, 2.75) is 52.2 Å². The molecule has 1 aromatic rings. The Labute approximate surface area is 121 Å². The number of methoxy groups -OCH3 is 1. The first-order chi connectivity index (χ1) is 9.23. The molecule has 1 amide bonds. The van der Waals surface area contributed by atoms with Crippen LogP contribution in [-0.4, -0.2) is 24.6 Å². The monoisotopic (exact) mass is 278 g/mol. The first-order valence-electron chi connectivity index (χ1n) is 6.95. The Morgan fingerprint density at radius 1 is 1.15 bits per heavy atom. The lowest BCUT2D eigenvalue weighted by Gasteiger charge is -2.25. The molecule has 0 saturated heterocycles. The summed E-state index contributed by atoms with van der Waals surface area (Å²) in [5.74, 6) is 0.845. The van der Waals surface area contributed by atoms with Crippen LogP contribution in [0, 0.1) is 0 Å². The molecule has 0 radical (unpaired) electrons. The minimum absolute atomic E-state index is 0.0119. The molecule has 0 spiro atoms. The number of hydrogen-bond donors (Lipinski definition) is 2. The molecule has 1 aromatic carbocycles. The number of hydrogen-bond acceptors (Lipinski definition) is 3. The summed E-state index contributed by atoms with van der Waals surface area (Å²) in [6.45, 7) is 9.85. The van der Waals surface area contributed by atoms with Gasteiger partial charge in [-0.3, -0.25) is 10.1 Å². The third kappa shape index (κ3) is 5.21. The number of benzene rings is 1. The zero-order chi connectivity index (χ0) is 15.3. The molecule has 4 heteroatoms. The zero-order valence-corrected chi connectivity index (χ0v) is 13.3. The maximum absolute atomic E-state index is 12.0. The van der Waals surface area contributed by atoms with E-state index >= 15 is 0 Å². The summed E-state index contributed by atoms with van der Waals surface area (Å²) in [5, 5.41) is 6.28. The quantitative estimate of drug-likeness (QED) is 0.870. The second-order valence-electron chi connectivity index (χ2n) is 6.12. The van der Waals surface area contributed by atoms with Gasteiger partial charge in [-0.05, 0) is 52.3 Å². The normalized spacial score (nSPS) is 14.5. The van der Waals surface area contributed by atoms with Crippen LogP contribution in [-0.2, 0) is 4.79 Å². The van der Waals surface area contributed by atoms with Gasteiger partial charge < -0.3 is 10.1 Å². The molecule has 4 nitrogen and oxygen atoms in total. The van der Waals surface area contributed by atoms with E-state index in [2.05, 4.69) is 10.6 Å². The van der Waals surface area contributed by atoms with Gasteiger partial charge in [0, 0.05) is 11.6 Å². The molecule has 112 valence electrons. The number of carbonyl (C=O) groups is 1. The van der Waals surface area contributed by atoms with Crippen molar-refractivity contribution in [2.75, 3.05) is 7.11 Å². The summed E-state index contributed by atoms with van der Waals surface area (Å²) in [7, 11) is 1.65. The van der Waals surface area contributed by atoms with Crippen LogP contribution in [0.5, 0.6) is 5.75 Å². The van der Waals surface area contributed by atoms with Gasteiger partial charge in [0.05, 0.1) is 13.2 Å². The van der Waals surface area contributed by atoms with E-state index in [-0.39, 0.29) is 23.5 Å². The number of rotatable bonds is 5. The largest absolute Gasteiger partial charge is 0.497 e. The minimum Gasteiger partial charge on any atom is -0.497 e. The molecule has 0 aliphatic carbocycles. The summed E-state index contributed by atoms with van der Waals surface area (Å²) in [4.78, 5) is 12.0. The van der Waals surface area contributed by atoms with E-state index < -0.39 is 0 Å². The summed E-state index contributed by atoms with van der Waals surface area (Å²) in [6, 6.07) is 7.71. The Balaban J connectivity index is 2.60. The van der Waals surface area contributed by atoms with E-state index in [1.807, 2.05) is 58.9 Å². The molecule has 0 aromatic heterocycles. The minimum atomic E-state index is -0.244. The molecule has 0 heterocycles. The molecule has 0 aliphatic rings. The van der Waals surface area contributed by atoms with E-state index in [1.165, 1.54) is 0 Å². The number of nitrogens with one attached hydrogen (secondary N) is 2. The molecule has 0 bridgehead atoms. The Morgan fingerprint density at radius 2 is 1.70 bits per heavy atom. The van der Waals surface area contributed by atoms with E-state index in [1.54, 1.807) is 7.11 Å². The van der Waals surface area contributed by atoms with Crippen LogP contribution in [0.1, 0.15) is 46.2 Å². The van der Waals surface area contributed by atoms with Crippen LogP contribution in [0.25, 0.3) is 0 Å². The summed E-state index contributed by atoms with van der Waals surface area (Å²) >= 11 is 0. The van der Waals surface area contributed by atoms with Gasteiger partial charge in [-0.1, -0.05) is 12.1 Å². The van der Waals surface area contributed by atoms with E-state index in [4.69, 9.17) is 4.74 Å². The topological polar surface area (TPSA) is 50.4 Å². The molecule has 0 saturated carbocycles. The van der Waals surface area contributed by atoms with Crippen LogP contribution in [0.3, 0.4) is 0 Å². The van der Waals surface area contributed by atoms with Gasteiger partial charge in [-0.2, -0.15) is 0 Å². The Morgan fingerprint density at radius 3 is 2.15 bits per heavy atom. The van der Waals surface area contributed by atoms with Gasteiger partial charge in [-0.15, -0.1) is 0 Å². The maximum atomic E-state index is 12.0. The van der Waals surface area contributed by atoms with E-state index in [0.29, 0.717) is 0 Å². The molecule has 1 rings (SSSR count). The molecule has 0 fully saturated rings. The maximum Gasteiger partial charge on any atom is 0.237 e. The SMILES string of the molecule is COc1ccc(C(C)NC(C)C(=O)NC(C)(C)C)cc1. The van der Waals surface area contributed by atoms with Crippen molar-refractivity contribution < 1.29 is 9.53 Å². The third-order valence-corrected chi connectivity index (χ3v) is 3.01. The highest BCUT2D eigenvalue weighted by Crippen LogP contribution is 2.17. The molecule has 2 N–H and O–H groups in total. The van der Waals surface area contributed by atoms with Crippen LogP contribution in [0.15, 0.2) is 24.3 Å². The lowest BCUT2D eigenvalue weighted by Crippen LogP contribution is -2.49. The van der Waals surface area contributed by atoms with Crippen molar-refractivity contribution in [2.24, 2.45) is 0 Å². The van der Waals surface area contributed by atoms with Crippen molar-refractivity contribution in [3.05, 3.63) is 29.8 Å². The van der Waals surface area contributed by atoms with Crippen LogP contribution in [0.2, 0.25) is 0 Å². The first kappa shape index (κ1) is 16.5. The number of carbonyl (C=O) groups excluding carboxylic acids is 1. The standard InChI is InChI=1S/C16H26N2O2/c1-11(13-7-9-14(20-6)10-8-13)17-12(2)15(19)18-16(3,4)5/h7-12,17H,1-6H3,(H,18,19). The average molecular weight is 278 g/mol. The van der Waals surface area contributed by atoms with Gasteiger partial charge in [0.1, 0.15) is 5.75 Å². The lowest BCUT2D eigenvalue weighted by atomic mass is 10.1. The van der Waals surface area contributed by atoms with Gasteiger partial charge >= 0.3 is 0 Å². The first-order valence-corrected chi connectivity index (χ1v) is 6.95. The number of ether oxygens (including phenoxy) is 1. The Hall–Kier alpha value is -1.55. The van der Waals surface area contributed by atoms with Crippen molar-refractivity contribution in [3.8, 4) is 5.75 Å². The molecule has 2 atom stereocenters. The van der Waals surface area contributed by atoms with Crippen molar-refractivity contribution in [1.29, 1.82) is 0 Å².